The molecule has 1 rings (SSSR count). The van der Waals surface area contributed by atoms with Crippen LogP contribution in [0.4, 0.5) is 22.0 Å². The van der Waals surface area contributed by atoms with Crippen LogP contribution in [0.3, 0.4) is 0 Å². The average Bonchev–Trinajstić information content (AvgIpc) is 2.25. The molecule has 0 atom stereocenters. The predicted molar refractivity (Wildman–Crippen MR) is 44.8 cm³/mol. The van der Waals surface area contributed by atoms with Gasteiger partial charge in [-0.05, 0) is 0 Å². The highest BCUT2D eigenvalue weighted by Gasteiger charge is 2.37. The van der Waals surface area contributed by atoms with Crippen LogP contribution >= 0.6 is 0 Å². The summed E-state index contributed by atoms with van der Waals surface area (Å²) in [5, 5.41) is 17.3. The van der Waals surface area contributed by atoms with Crippen molar-refractivity contribution < 1.29 is 27.1 Å². The molecule has 0 aliphatic rings. The van der Waals surface area contributed by atoms with E-state index in [1.54, 1.807) is 0 Å². The Morgan fingerprint density at radius 3 is 2.35 bits per heavy atom. The van der Waals surface area contributed by atoms with Gasteiger partial charge in [0.1, 0.15) is 6.07 Å². The third-order valence-corrected chi connectivity index (χ3v) is 1.98. The van der Waals surface area contributed by atoms with Crippen LogP contribution in [-0.2, 0) is 12.8 Å². The van der Waals surface area contributed by atoms with Crippen LogP contribution in [0.15, 0.2) is 6.20 Å². The first-order valence-corrected chi connectivity index (χ1v) is 4.21. The minimum atomic E-state index is -4.91. The molecule has 0 fully saturated rings. The lowest BCUT2D eigenvalue weighted by molar-refractivity contribution is -0.142. The summed E-state index contributed by atoms with van der Waals surface area (Å²) in [5.41, 5.74) is -4.27. The molecule has 1 N–H and O–H groups in total. The highest BCUT2D eigenvalue weighted by atomic mass is 19.4. The van der Waals surface area contributed by atoms with Gasteiger partial charge in [0.2, 0.25) is 0 Å². The SMILES string of the molecule is N#Cc1c(C(F)F)cnc(C(F)(F)F)c1CO. The minimum absolute atomic E-state index is 0.297. The van der Waals surface area contributed by atoms with E-state index in [1.807, 2.05) is 0 Å². The van der Waals surface area contributed by atoms with Gasteiger partial charge in [0.15, 0.2) is 5.69 Å². The van der Waals surface area contributed by atoms with Crippen LogP contribution in [0.2, 0.25) is 0 Å². The number of aromatic nitrogens is 1. The van der Waals surface area contributed by atoms with E-state index in [0.29, 0.717) is 6.20 Å². The van der Waals surface area contributed by atoms with Gasteiger partial charge in [-0.1, -0.05) is 0 Å². The number of aliphatic hydroxyl groups is 1. The fourth-order valence-electron chi connectivity index (χ4n) is 1.26. The molecule has 0 aliphatic carbocycles. The Hall–Kier alpha value is -1.75. The van der Waals surface area contributed by atoms with Gasteiger partial charge in [0.25, 0.3) is 6.43 Å². The van der Waals surface area contributed by atoms with Crippen molar-refractivity contribution in [2.24, 2.45) is 0 Å². The van der Waals surface area contributed by atoms with Crippen molar-refractivity contribution in [1.29, 1.82) is 5.26 Å². The molecule has 0 saturated heterocycles. The Morgan fingerprint density at radius 1 is 1.41 bits per heavy atom. The maximum atomic E-state index is 12.4. The lowest BCUT2D eigenvalue weighted by atomic mass is 10.0. The molecule has 92 valence electrons. The van der Waals surface area contributed by atoms with E-state index in [-0.39, 0.29) is 0 Å². The van der Waals surface area contributed by atoms with Gasteiger partial charge in [-0.25, -0.2) is 8.78 Å². The van der Waals surface area contributed by atoms with E-state index in [9.17, 15) is 22.0 Å². The van der Waals surface area contributed by atoms with E-state index < -0.39 is 41.6 Å². The molecule has 0 spiro atoms. The number of halogens is 5. The Kier molecular flexibility index (Phi) is 3.63. The zero-order chi connectivity index (χ0) is 13.2. The lowest BCUT2D eigenvalue weighted by Crippen LogP contribution is -2.15. The predicted octanol–water partition coefficient (Wildman–Crippen LogP) is 2.40. The lowest BCUT2D eigenvalue weighted by Gasteiger charge is -2.13. The first-order chi connectivity index (χ1) is 7.82. The molecular weight excluding hydrogens is 247 g/mol. The van der Waals surface area contributed by atoms with Gasteiger partial charge in [-0.2, -0.15) is 18.4 Å². The smallest absolute Gasteiger partial charge is 0.392 e. The number of pyridine rings is 1. The Morgan fingerprint density at radius 2 is 2.00 bits per heavy atom. The van der Waals surface area contributed by atoms with Crippen LogP contribution in [-0.4, -0.2) is 10.1 Å². The fourth-order valence-corrected chi connectivity index (χ4v) is 1.26. The molecule has 1 heterocycles. The monoisotopic (exact) mass is 252 g/mol. The molecule has 0 amide bonds. The molecule has 1 aromatic rings. The molecule has 3 nitrogen and oxygen atoms in total. The van der Waals surface area contributed by atoms with Crippen molar-refractivity contribution in [2.45, 2.75) is 19.2 Å². The molecular formula is C9H5F5N2O. The number of alkyl halides is 5. The first kappa shape index (κ1) is 13.3. The van der Waals surface area contributed by atoms with Crippen LogP contribution in [0, 0.1) is 11.3 Å². The van der Waals surface area contributed by atoms with Crippen molar-refractivity contribution in [3.05, 3.63) is 28.6 Å². The summed E-state index contributed by atoms with van der Waals surface area (Å²) in [7, 11) is 0. The largest absolute Gasteiger partial charge is 0.433 e. The van der Waals surface area contributed by atoms with Gasteiger partial charge < -0.3 is 5.11 Å². The second-order valence-electron chi connectivity index (χ2n) is 2.98. The average molecular weight is 252 g/mol. The third kappa shape index (κ3) is 2.50. The number of rotatable bonds is 2. The second-order valence-corrected chi connectivity index (χ2v) is 2.98. The zero-order valence-electron chi connectivity index (χ0n) is 8.09. The Balaban J connectivity index is 3.56. The normalized spacial score (nSPS) is 11.6. The fraction of sp³-hybridized carbons (Fsp3) is 0.333. The second kappa shape index (κ2) is 4.63. The van der Waals surface area contributed by atoms with Gasteiger partial charge in [0.05, 0.1) is 17.7 Å². The van der Waals surface area contributed by atoms with E-state index >= 15 is 0 Å². The van der Waals surface area contributed by atoms with Crippen LogP contribution in [0.5, 0.6) is 0 Å². The number of hydrogen-bond donors (Lipinski definition) is 1. The van der Waals surface area contributed by atoms with Gasteiger partial charge in [0, 0.05) is 11.8 Å². The van der Waals surface area contributed by atoms with Crippen molar-refractivity contribution >= 4 is 0 Å². The van der Waals surface area contributed by atoms with Gasteiger partial charge in [-0.15, -0.1) is 0 Å². The number of nitrogens with zero attached hydrogens (tertiary/aromatic N) is 2. The molecule has 1 aromatic heterocycles. The van der Waals surface area contributed by atoms with Crippen molar-refractivity contribution in [1.82, 2.24) is 4.98 Å². The topological polar surface area (TPSA) is 56.9 Å². The minimum Gasteiger partial charge on any atom is -0.392 e. The van der Waals surface area contributed by atoms with Crippen molar-refractivity contribution in [2.75, 3.05) is 0 Å². The zero-order valence-corrected chi connectivity index (χ0v) is 8.09. The van der Waals surface area contributed by atoms with E-state index in [4.69, 9.17) is 10.4 Å². The molecule has 0 radical (unpaired) electrons. The summed E-state index contributed by atoms with van der Waals surface area (Å²) >= 11 is 0. The summed E-state index contributed by atoms with van der Waals surface area (Å²) in [4.78, 5) is 2.83. The first-order valence-electron chi connectivity index (χ1n) is 4.21. The summed E-state index contributed by atoms with van der Waals surface area (Å²) in [6.07, 6.45) is -7.75. The van der Waals surface area contributed by atoms with Crippen LogP contribution in [0.25, 0.3) is 0 Å². The van der Waals surface area contributed by atoms with Gasteiger partial charge >= 0.3 is 6.18 Å². The molecule has 8 heteroatoms. The molecule has 0 bridgehead atoms. The molecule has 0 saturated carbocycles. The maximum absolute atomic E-state index is 12.4. The standard InChI is InChI=1S/C9H5F5N2O/c10-8(11)5-2-16-7(9(12,13)14)6(3-17)4(5)1-15/h2,8,17H,3H2. The van der Waals surface area contributed by atoms with E-state index in [2.05, 4.69) is 4.98 Å². The Bertz CT molecular complexity index is 464. The summed E-state index contributed by atoms with van der Waals surface area (Å²) in [6, 6.07) is 1.23. The molecule has 0 aromatic carbocycles. The molecule has 0 aliphatic heterocycles. The molecule has 17 heavy (non-hydrogen) atoms. The Labute approximate surface area is 92.1 Å². The maximum Gasteiger partial charge on any atom is 0.433 e. The molecule has 0 unspecified atom stereocenters. The van der Waals surface area contributed by atoms with Crippen molar-refractivity contribution in [3.63, 3.8) is 0 Å². The van der Waals surface area contributed by atoms with E-state index in [1.165, 1.54) is 6.07 Å². The highest BCUT2D eigenvalue weighted by molar-refractivity contribution is 5.46. The van der Waals surface area contributed by atoms with E-state index in [0.717, 1.165) is 0 Å². The number of nitriles is 1. The van der Waals surface area contributed by atoms with Crippen LogP contribution in [0.1, 0.15) is 28.8 Å². The number of hydrogen-bond acceptors (Lipinski definition) is 3. The third-order valence-electron chi connectivity index (χ3n) is 1.98. The number of aliphatic hydroxyl groups excluding tert-OH is 1. The summed E-state index contributed by atoms with van der Waals surface area (Å²) in [5.74, 6) is 0. The van der Waals surface area contributed by atoms with Crippen LogP contribution < -0.4 is 0 Å². The van der Waals surface area contributed by atoms with Gasteiger partial charge in [-0.3, -0.25) is 4.98 Å². The summed E-state index contributed by atoms with van der Waals surface area (Å²) < 4.78 is 62.1. The van der Waals surface area contributed by atoms with Crippen molar-refractivity contribution in [3.8, 4) is 6.07 Å². The quantitative estimate of drug-likeness (QED) is 0.822. The summed E-state index contributed by atoms with van der Waals surface area (Å²) in [6.45, 7) is -1.19. The highest BCUT2D eigenvalue weighted by Crippen LogP contribution is 2.34.